The Labute approximate surface area is 176 Å². The van der Waals surface area contributed by atoms with Crippen LogP contribution in [0.4, 0.5) is 0 Å². The van der Waals surface area contributed by atoms with Gasteiger partial charge in [0.15, 0.2) is 6.10 Å². The number of hydrogen-bond donors (Lipinski definition) is 1. The van der Waals surface area contributed by atoms with Crippen molar-refractivity contribution in [2.75, 3.05) is 7.11 Å². The smallest absolute Gasteiger partial charge is 0.347 e. The van der Waals surface area contributed by atoms with Crippen LogP contribution in [0.15, 0.2) is 47.4 Å². The van der Waals surface area contributed by atoms with Gasteiger partial charge in [0.25, 0.3) is 0 Å². The first kappa shape index (κ1) is 21.0. The van der Waals surface area contributed by atoms with Gasteiger partial charge in [-0.1, -0.05) is 13.3 Å². The summed E-state index contributed by atoms with van der Waals surface area (Å²) in [5.41, 5.74) is 5.45. The van der Waals surface area contributed by atoms with E-state index >= 15 is 0 Å². The van der Waals surface area contributed by atoms with Crippen LogP contribution in [-0.2, 0) is 9.53 Å². The van der Waals surface area contributed by atoms with E-state index in [9.17, 15) is 4.79 Å². The lowest BCUT2D eigenvalue weighted by atomic mass is 10.1. The van der Waals surface area contributed by atoms with E-state index in [1.807, 2.05) is 18.2 Å². The summed E-state index contributed by atoms with van der Waals surface area (Å²) in [5, 5.41) is 9.03. The number of aromatic hydroxyl groups is 1. The van der Waals surface area contributed by atoms with E-state index < -0.39 is 6.10 Å². The minimum atomic E-state index is -0.532. The Balaban J connectivity index is 0.000000200. The Hall–Kier alpha value is -2.71. The second-order valence-corrected chi connectivity index (χ2v) is 8.03. The highest BCUT2D eigenvalue weighted by Crippen LogP contribution is 2.25. The molecule has 0 radical (unpaired) electrons. The lowest BCUT2D eigenvalue weighted by Gasteiger charge is -2.16. The molecule has 1 N–H and O–H groups in total. The third-order valence-corrected chi connectivity index (χ3v) is 5.76. The lowest BCUT2D eigenvalue weighted by molar-refractivity contribution is -0.149. The van der Waals surface area contributed by atoms with E-state index in [0.717, 1.165) is 33.3 Å². The fourth-order valence-electron chi connectivity index (χ4n) is 2.66. The molecule has 29 heavy (non-hydrogen) atoms. The molecule has 0 aliphatic rings. The number of phenols is 1. The first-order chi connectivity index (χ1) is 14.1. The minimum Gasteiger partial charge on any atom is -0.508 e. The second kappa shape index (κ2) is 10.2. The number of hydrogen-bond acceptors (Lipinski definition) is 8. The molecule has 1 unspecified atom stereocenters. The number of nitrogens with zero attached hydrogens (tertiary/aromatic N) is 2. The maximum atomic E-state index is 11.7. The Kier molecular flexibility index (Phi) is 7.37. The molecule has 152 valence electrons. The maximum Gasteiger partial charge on any atom is 0.347 e. The zero-order valence-electron chi connectivity index (χ0n) is 16.2. The molecule has 6 nitrogen and oxygen atoms in total. The monoisotopic (exact) mass is 430 g/mol. The molecule has 2 aromatic heterocycles. The number of unbranched alkanes of at least 4 members (excludes halogenated alkanes) is 1. The quantitative estimate of drug-likeness (QED) is 0.412. The lowest BCUT2D eigenvalue weighted by Crippen LogP contribution is -2.28. The van der Waals surface area contributed by atoms with E-state index in [1.165, 1.54) is 18.4 Å². The number of rotatable bonds is 6. The number of methoxy groups -OCH3 is 1. The van der Waals surface area contributed by atoms with Crippen molar-refractivity contribution in [3.8, 4) is 11.5 Å². The van der Waals surface area contributed by atoms with Crippen molar-refractivity contribution in [3.63, 3.8) is 0 Å². The summed E-state index contributed by atoms with van der Waals surface area (Å²) >= 11 is 3.08. The fourth-order valence-corrected chi connectivity index (χ4v) is 4.08. The van der Waals surface area contributed by atoms with Gasteiger partial charge in [-0.05, 0) is 49.2 Å². The zero-order chi connectivity index (χ0) is 20.6. The van der Waals surface area contributed by atoms with Crippen LogP contribution in [0.3, 0.4) is 0 Å². The average molecular weight is 431 g/mol. The summed E-state index contributed by atoms with van der Waals surface area (Å²) in [4.78, 5) is 20.0. The number of ether oxygens (including phenoxy) is 2. The molecule has 0 amide bonds. The molecule has 0 saturated heterocycles. The van der Waals surface area contributed by atoms with E-state index in [-0.39, 0.29) is 5.97 Å². The molecule has 0 fully saturated rings. The summed E-state index contributed by atoms with van der Waals surface area (Å²) in [7, 11) is 1.39. The van der Waals surface area contributed by atoms with Crippen molar-refractivity contribution in [3.05, 3.63) is 47.4 Å². The summed E-state index contributed by atoms with van der Waals surface area (Å²) in [6, 6.07) is 10.8. The number of carbonyl (C=O) groups is 1. The largest absolute Gasteiger partial charge is 0.508 e. The second-order valence-electron chi connectivity index (χ2n) is 6.26. The molecule has 2 heterocycles. The van der Waals surface area contributed by atoms with Crippen molar-refractivity contribution < 1.29 is 19.4 Å². The van der Waals surface area contributed by atoms with Gasteiger partial charge in [-0.2, -0.15) is 0 Å². The van der Waals surface area contributed by atoms with Crippen molar-refractivity contribution in [1.29, 1.82) is 0 Å². The predicted molar refractivity (Wildman–Crippen MR) is 117 cm³/mol. The third-order valence-electron chi connectivity index (χ3n) is 4.18. The summed E-state index contributed by atoms with van der Waals surface area (Å²) in [5.74, 6) is 0.665. The van der Waals surface area contributed by atoms with Gasteiger partial charge in [0.2, 0.25) is 0 Å². The molecule has 2 aromatic carbocycles. The van der Waals surface area contributed by atoms with E-state index in [1.54, 1.807) is 40.6 Å². The molecule has 8 heteroatoms. The Morgan fingerprint density at radius 2 is 1.72 bits per heavy atom. The number of aromatic nitrogens is 2. The van der Waals surface area contributed by atoms with Crippen molar-refractivity contribution in [2.45, 2.75) is 32.3 Å². The minimum absolute atomic E-state index is 0.303. The highest BCUT2D eigenvalue weighted by Gasteiger charge is 2.20. The SMILES string of the molecule is CCCCC(Oc1ccc2ncsc2c1)C(=O)OC.Oc1ccc2ncsc2c1. The van der Waals surface area contributed by atoms with Crippen LogP contribution in [0.5, 0.6) is 11.5 Å². The standard InChI is InChI=1S/C14H17NO3S.C7H5NOS/c1-3-4-5-12(14(16)17-2)18-10-6-7-11-13(8-10)19-9-15-11;9-5-1-2-6-7(3-5)10-4-8-6/h6-9,12H,3-5H2,1-2H3;1-4,9H. The topological polar surface area (TPSA) is 81.5 Å². The number of esters is 1. The molecule has 4 rings (SSSR count). The van der Waals surface area contributed by atoms with E-state index in [4.69, 9.17) is 14.6 Å². The Morgan fingerprint density at radius 1 is 1.07 bits per heavy atom. The van der Waals surface area contributed by atoms with Crippen LogP contribution in [0.2, 0.25) is 0 Å². The van der Waals surface area contributed by atoms with Gasteiger partial charge in [-0.15, -0.1) is 22.7 Å². The van der Waals surface area contributed by atoms with E-state index in [2.05, 4.69) is 16.9 Å². The Bertz CT molecular complexity index is 1080. The van der Waals surface area contributed by atoms with Gasteiger partial charge in [-0.25, -0.2) is 14.8 Å². The summed E-state index contributed by atoms with van der Waals surface area (Å²) in [6.45, 7) is 2.08. The molecule has 0 aliphatic carbocycles. The first-order valence-electron chi connectivity index (χ1n) is 9.20. The molecule has 0 bridgehead atoms. The number of benzene rings is 2. The summed E-state index contributed by atoms with van der Waals surface area (Å²) in [6.07, 6.45) is 2.09. The first-order valence-corrected chi connectivity index (χ1v) is 11.0. The van der Waals surface area contributed by atoms with Gasteiger partial charge in [-0.3, -0.25) is 0 Å². The molecule has 4 aromatic rings. The van der Waals surface area contributed by atoms with Gasteiger partial charge >= 0.3 is 5.97 Å². The molecular weight excluding hydrogens is 408 g/mol. The highest BCUT2D eigenvalue weighted by molar-refractivity contribution is 7.17. The molecule has 0 aliphatic heterocycles. The fraction of sp³-hybridized carbons (Fsp3) is 0.286. The molecule has 0 saturated carbocycles. The van der Waals surface area contributed by atoms with Crippen molar-refractivity contribution >= 4 is 49.1 Å². The number of thiazole rings is 2. The predicted octanol–water partition coefficient (Wildman–Crippen LogP) is 5.41. The number of phenolic OH excluding ortho intramolecular Hbond substituents is 1. The van der Waals surface area contributed by atoms with Gasteiger partial charge in [0.05, 0.1) is 38.6 Å². The molecule has 0 spiro atoms. The van der Waals surface area contributed by atoms with Gasteiger partial charge in [0, 0.05) is 0 Å². The number of carbonyl (C=O) groups excluding carboxylic acids is 1. The molecule has 1 atom stereocenters. The van der Waals surface area contributed by atoms with Crippen LogP contribution in [0, 0.1) is 0 Å². The average Bonchev–Trinajstić information content (AvgIpc) is 3.39. The van der Waals surface area contributed by atoms with Crippen molar-refractivity contribution in [2.24, 2.45) is 0 Å². The van der Waals surface area contributed by atoms with Gasteiger partial charge in [0.1, 0.15) is 11.5 Å². The molecular formula is C21H22N2O4S2. The van der Waals surface area contributed by atoms with Crippen LogP contribution in [-0.4, -0.2) is 34.3 Å². The van der Waals surface area contributed by atoms with Crippen LogP contribution in [0.25, 0.3) is 20.4 Å². The van der Waals surface area contributed by atoms with Crippen LogP contribution < -0.4 is 4.74 Å². The summed E-state index contributed by atoms with van der Waals surface area (Å²) < 4.78 is 12.6. The van der Waals surface area contributed by atoms with Crippen LogP contribution in [0.1, 0.15) is 26.2 Å². The zero-order valence-corrected chi connectivity index (χ0v) is 17.8. The van der Waals surface area contributed by atoms with Gasteiger partial charge < -0.3 is 14.6 Å². The number of fused-ring (bicyclic) bond motifs is 2. The van der Waals surface area contributed by atoms with E-state index in [0.29, 0.717) is 17.9 Å². The Morgan fingerprint density at radius 3 is 2.38 bits per heavy atom. The highest BCUT2D eigenvalue weighted by atomic mass is 32.1. The van der Waals surface area contributed by atoms with Crippen LogP contribution >= 0.6 is 22.7 Å². The third kappa shape index (κ3) is 5.65. The van der Waals surface area contributed by atoms with Crippen molar-refractivity contribution in [1.82, 2.24) is 9.97 Å². The normalized spacial score (nSPS) is 11.7. The maximum absolute atomic E-state index is 11.7.